The van der Waals surface area contributed by atoms with Crippen LogP contribution in [0.15, 0.2) is 48.5 Å². The van der Waals surface area contributed by atoms with Crippen LogP contribution in [0.5, 0.6) is 11.8 Å². The highest BCUT2D eigenvalue weighted by atomic mass is 19.4. The molecule has 8 nitrogen and oxygen atoms in total. The number of hydrogen-bond donors (Lipinski definition) is 4. The molecule has 2 amide bonds. The highest BCUT2D eigenvalue weighted by Gasteiger charge is 2.65. The Kier molecular flexibility index (Phi) is 5.02. The Bertz CT molecular complexity index is 1430. The number of aromatic nitrogens is 1. The van der Waals surface area contributed by atoms with Crippen LogP contribution in [0.25, 0.3) is 5.69 Å². The van der Waals surface area contributed by atoms with Gasteiger partial charge in [0.2, 0.25) is 11.8 Å². The summed E-state index contributed by atoms with van der Waals surface area (Å²) in [7, 11) is 0. The van der Waals surface area contributed by atoms with Crippen LogP contribution < -0.4 is 10.6 Å². The van der Waals surface area contributed by atoms with Crippen molar-refractivity contribution in [2.75, 3.05) is 5.32 Å². The number of nitrogens with zero attached hydrogens (tertiary/aromatic N) is 2. The van der Waals surface area contributed by atoms with E-state index in [0.29, 0.717) is 11.8 Å². The fourth-order valence-electron chi connectivity index (χ4n) is 5.35. The van der Waals surface area contributed by atoms with E-state index in [9.17, 15) is 28.2 Å². The van der Waals surface area contributed by atoms with Gasteiger partial charge in [-0.1, -0.05) is 18.2 Å². The number of amides is 2. The second-order valence-electron chi connectivity index (χ2n) is 9.23. The van der Waals surface area contributed by atoms with Gasteiger partial charge in [0.1, 0.15) is 5.60 Å². The van der Waals surface area contributed by atoms with E-state index in [0.717, 1.165) is 10.6 Å². The number of rotatable bonds is 3. The molecular weight excluding hydrogens is 477 g/mol. The van der Waals surface area contributed by atoms with Crippen molar-refractivity contribution in [3.8, 4) is 23.5 Å². The monoisotopic (exact) mass is 498 g/mol. The predicted molar refractivity (Wildman–Crippen MR) is 122 cm³/mol. The lowest BCUT2D eigenvalue weighted by Gasteiger charge is -2.30. The smallest absolute Gasteiger partial charge is 0.417 e. The number of carbonyl (C=O) groups is 1. The van der Waals surface area contributed by atoms with Gasteiger partial charge >= 0.3 is 12.2 Å². The van der Waals surface area contributed by atoms with Crippen molar-refractivity contribution in [3.63, 3.8) is 0 Å². The zero-order valence-corrected chi connectivity index (χ0v) is 19.1. The minimum Gasteiger partial charge on any atom is -0.494 e. The minimum atomic E-state index is -4.82. The number of ether oxygens (including phenoxy) is 1. The van der Waals surface area contributed by atoms with Crippen LogP contribution in [0.3, 0.4) is 0 Å². The number of halogens is 3. The molecule has 186 valence electrons. The van der Waals surface area contributed by atoms with Gasteiger partial charge in [-0.15, -0.1) is 0 Å². The van der Waals surface area contributed by atoms with Gasteiger partial charge in [0, 0.05) is 12.1 Å². The second kappa shape index (κ2) is 7.66. The Morgan fingerprint density at radius 3 is 2.44 bits per heavy atom. The Balaban J connectivity index is 1.54. The van der Waals surface area contributed by atoms with Crippen LogP contribution in [0.4, 0.5) is 23.7 Å². The normalized spacial score (nSPS) is 24.3. The zero-order valence-electron chi connectivity index (χ0n) is 19.1. The molecule has 5 rings (SSSR count). The minimum absolute atomic E-state index is 0.177. The number of nitriles is 1. The molecule has 0 spiro atoms. The van der Waals surface area contributed by atoms with E-state index in [1.807, 2.05) is 6.07 Å². The van der Waals surface area contributed by atoms with E-state index >= 15 is 0 Å². The zero-order chi connectivity index (χ0) is 26.0. The third-order valence-electron chi connectivity index (χ3n) is 6.87. The first-order valence-corrected chi connectivity index (χ1v) is 11.0. The van der Waals surface area contributed by atoms with E-state index in [4.69, 9.17) is 10.00 Å². The van der Waals surface area contributed by atoms with Gasteiger partial charge < -0.3 is 25.6 Å². The van der Waals surface area contributed by atoms with Crippen LogP contribution in [-0.2, 0) is 22.1 Å². The van der Waals surface area contributed by atoms with Gasteiger partial charge in [-0.3, -0.25) is 4.57 Å². The summed E-state index contributed by atoms with van der Waals surface area (Å²) in [5.41, 5.74) is -3.36. The average molecular weight is 498 g/mol. The van der Waals surface area contributed by atoms with Crippen LogP contribution in [-0.4, -0.2) is 26.9 Å². The van der Waals surface area contributed by atoms with Crippen LogP contribution >= 0.6 is 0 Å². The molecule has 1 aromatic heterocycles. The number of nitrogens with one attached hydrogen (secondary N) is 2. The summed E-state index contributed by atoms with van der Waals surface area (Å²) >= 11 is 0. The molecule has 2 aliphatic rings. The summed E-state index contributed by atoms with van der Waals surface area (Å²) in [6, 6.07) is 12.0. The predicted octanol–water partition coefficient (Wildman–Crippen LogP) is 4.83. The number of hydrogen-bond acceptors (Lipinski definition) is 5. The number of carbonyl (C=O) groups excluding carboxylic acids is 1. The lowest BCUT2D eigenvalue weighted by atomic mass is 9.76. The molecule has 2 aromatic carbocycles. The summed E-state index contributed by atoms with van der Waals surface area (Å²) in [6.45, 7) is 3.32. The van der Waals surface area contributed by atoms with E-state index < -0.39 is 52.3 Å². The Morgan fingerprint density at radius 1 is 1.14 bits per heavy atom. The van der Waals surface area contributed by atoms with Crippen LogP contribution in [0.2, 0.25) is 0 Å². The molecule has 0 radical (unpaired) electrons. The molecule has 3 heterocycles. The molecule has 1 fully saturated rings. The molecule has 4 N–H and O–H groups in total. The van der Waals surface area contributed by atoms with Crippen molar-refractivity contribution < 1.29 is 32.9 Å². The van der Waals surface area contributed by atoms with Crippen molar-refractivity contribution in [2.45, 2.75) is 43.7 Å². The first-order chi connectivity index (χ1) is 16.9. The van der Waals surface area contributed by atoms with Crippen molar-refractivity contribution in [3.05, 3.63) is 70.8 Å². The fourth-order valence-corrected chi connectivity index (χ4v) is 5.35. The SMILES string of the molecule is C[C@]12C[C@@H](NC(=O)Nc3ccccc3)[C@](C)(O1)c1c2c(O)n(-c2ccc(C#N)c(C(F)(F)F)c2)c1O. The van der Waals surface area contributed by atoms with Gasteiger partial charge in [-0.2, -0.15) is 18.4 Å². The third-order valence-corrected chi connectivity index (χ3v) is 6.87. The molecule has 0 unspecified atom stereocenters. The molecular formula is C25H21F3N4O4. The summed E-state index contributed by atoms with van der Waals surface area (Å²) in [4.78, 5) is 12.6. The van der Waals surface area contributed by atoms with E-state index in [-0.39, 0.29) is 23.2 Å². The highest BCUT2D eigenvalue weighted by molar-refractivity contribution is 5.89. The van der Waals surface area contributed by atoms with Crippen molar-refractivity contribution in [2.24, 2.45) is 0 Å². The molecule has 0 aliphatic carbocycles. The molecule has 0 saturated carbocycles. The summed E-state index contributed by atoms with van der Waals surface area (Å²) in [6.07, 6.45) is -4.57. The maximum atomic E-state index is 13.5. The van der Waals surface area contributed by atoms with Crippen LogP contribution in [0.1, 0.15) is 42.5 Å². The second-order valence-corrected chi connectivity index (χ2v) is 9.23. The Hall–Kier alpha value is -4.17. The van der Waals surface area contributed by atoms with E-state index in [1.54, 1.807) is 38.1 Å². The number of alkyl halides is 3. The molecule has 11 heteroatoms. The Morgan fingerprint density at radius 2 is 1.81 bits per heavy atom. The Labute approximate surface area is 203 Å². The van der Waals surface area contributed by atoms with Gasteiger partial charge in [0.25, 0.3) is 0 Å². The summed E-state index contributed by atoms with van der Waals surface area (Å²) < 4.78 is 47.7. The lowest BCUT2D eigenvalue weighted by Crippen LogP contribution is -2.48. The first kappa shape index (κ1) is 23.6. The molecule has 3 aromatic rings. The van der Waals surface area contributed by atoms with Crippen LogP contribution in [0, 0.1) is 11.3 Å². The van der Waals surface area contributed by atoms with Gasteiger partial charge in [-0.25, -0.2) is 4.79 Å². The lowest BCUT2D eigenvalue weighted by molar-refractivity contribution is -0.137. The molecule has 2 aliphatic heterocycles. The molecule has 36 heavy (non-hydrogen) atoms. The maximum absolute atomic E-state index is 13.5. The number of anilines is 1. The summed E-state index contributed by atoms with van der Waals surface area (Å²) in [5.74, 6) is -0.986. The number of benzene rings is 2. The largest absolute Gasteiger partial charge is 0.494 e. The number of aromatic hydroxyl groups is 2. The number of urea groups is 1. The number of fused-ring (bicyclic) bond motifs is 5. The quantitative estimate of drug-likeness (QED) is 0.412. The topological polar surface area (TPSA) is 120 Å². The van der Waals surface area contributed by atoms with E-state index in [2.05, 4.69) is 10.6 Å². The van der Waals surface area contributed by atoms with Crippen molar-refractivity contribution in [1.82, 2.24) is 9.88 Å². The third kappa shape index (κ3) is 3.37. The van der Waals surface area contributed by atoms with Gasteiger partial charge in [0.05, 0.1) is 45.7 Å². The number of para-hydroxylation sites is 1. The fraction of sp³-hybridized carbons (Fsp3) is 0.280. The van der Waals surface area contributed by atoms with Crippen molar-refractivity contribution in [1.29, 1.82) is 5.26 Å². The first-order valence-electron chi connectivity index (χ1n) is 11.0. The van der Waals surface area contributed by atoms with Gasteiger partial charge in [0.15, 0.2) is 0 Å². The molecule has 3 atom stereocenters. The van der Waals surface area contributed by atoms with E-state index in [1.165, 1.54) is 12.1 Å². The van der Waals surface area contributed by atoms with Gasteiger partial charge in [-0.05, 0) is 44.2 Å². The highest BCUT2D eigenvalue weighted by Crippen LogP contribution is 2.64. The standard InChI is InChI=1S/C25H21F3N4O4/c1-23-11-17(31-22(35)30-14-6-4-3-5-7-14)24(2,36-23)19-18(23)20(33)32(21(19)34)15-9-8-13(12-29)16(10-15)25(26,27)28/h3-10,17,33-34H,11H2,1-2H3,(H2,30,31,35)/t17-,23-,24+/m1/s1. The maximum Gasteiger partial charge on any atom is 0.417 e. The van der Waals surface area contributed by atoms with Crippen molar-refractivity contribution >= 4 is 11.7 Å². The molecule has 2 bridgehead atoms. The summed E-state index contributed by atoms with van der Waals surface area (Å²) in [5, 5.41) is 36.8. The average Bonchev–Trinajstić information content (AvgIpc) is 3.33. The molecule has 1 saturated heterocycles.